The van der Waals surface area contributed by atoms with Crippen LogP contribution >= 0.6 is 11.3 Å². The molecule has 27 heavy (non-hydrogen) atoms. The van der Waals surface area contributed by atoms with Gasteiger partial charge in [-0.2, -0.15) is 0 Å². The van der Waals surface area contributed by atoms with E-state index in [9.17, 15) is 18.0 Å². The van der Waals surface area contributed by atoms with Crippen LogP contribution in [-0.4, -0.2) is 51.4 Å². The predicted molar refractivity (Wildman–Crippen MR) is 101 cm³/mol. The molecule has 0 bridgehead atoms. The Morgan fingerprint density at radius 3 is 2.33 bits per heavy atom. The van der Waals surface area contributed by atoms with Crippen LogP contribution in [-0.2, 0) is 14.8 Å². The summed E-state index contributed by atoms with van der Waals surface area (Å²) < 4.78 is 32.2. The number of carbonyl (C=O) groups excluding carboxylic acids is 2. The van der Waals surface area contributed by atoms with Gasteiger partial charge in [0.15, 0.2) is 0 Å². The number of hydrogen-bond acceptors (Lipinski definition) is 6. The summed E-state index contributed by atoms with van der Waals surface area (Å²) >= 11 is 1.10. The second-order valence-electron chi connectivity index (χ2n) is 6.16. The van der Waals surface area contributed by atoms with Gasteiger partial charge in [-0.25, -0.2) is 17.9 Å². The Bertz CT molecular complexity index is 916. The number of methoxy groups -OCH3 is 1. The van der Waals surface area contributed by atoms with Gasteiger partial charge in [0.1, 0.15) is 4.88 Å². The molecule has 3 rings (SSSR count). The minimum absolute atomic E-state index is 0.153. The number of thiophene rings is 1. The Morgan fingerprint density at radius 2 is 1.70 bits per heavy atom. The summed E-state index contributed by atoms with van der Waals surface area (Å²) in [4.78, 5) is 26.9. The first kappa shape index (κ1) is 19.5. The smallest absolute Gasteiger partial charge is 0.348 e. The van der Waals surface area contributed by atoms with E-state index in [1.54, 1.807) is 47.4 Å². The quantitative estimate of drug-likeness (QED) is 0.765. The summed E-state index contributed by atoms with van der Waals surface area (Å²) in [6, 6.07) is 11.2. The van der Waals surface area contributed by atoms with Crippen LogP contribution in [0.2, 0.25) is 0 Å². The number of likely N-dealkylation sites (tertiary alicyclic amines) is 1. The van der Waals surface area contributed by atoms with E-state index >= 15 is 0 Å². The number of benzene rings is 1. The number of nitrogens with one attached hydrogen (secondary N) is 1. The van der Waals surface area contributed by atoms with Crippen LogP contribution in [0, 0.1) is 0 Å². The van der Waals surface area contributed by atoms with Gasteiger partial charge in [-0.3, -0.25) is 4.79 Å². The van der Waals surface area contributed by atoms with Crippen molar-refractivity contribution in [2.75, 3.05) is 20.2 Å². The van der Waals surface area contributed by atoms with E-state index in [4.69, 9.17) is 0 Å². The molecule has 0 atom stereocenters. The van der Waals surface area contributed by atoms with E-state index in [1.807, 2.05) is 0 Å². The number of nitrogens with zero attached hydrogens (tertiary/aromatic N) is 1. The number of sulfonamides is 1. The monoisotopic (exact) mass is 408 g/mol. The first-order valence-electron chi connectivity index (χ1n) is 8.45. The molecule has 1 fully saturated rings. The van der Waals surface area contributed by atoms with Crippen molar-refractivity contribution in [2.24, 2.45) is 0 Å². The fourth-order valence-electron chi connectivity index (χ4n) is 2.91. The van der Waals surface area contributed by atoms with Gasteiger partial charge >= 0.3 is 5.97 Å². The fraction of sp³-hybridized carbons (Fsp3) is 0.333. The van der Waals surface area contributed by atoms with Crippen LogP contribution < -0.4 is 4.72 Å². The number of piperidine rings is 1. The molecule has 1 aromatic heterocycles. The van der Waals surface area contributed by atoms with Crippen molar-refractivity contribution in [1.29, 1.82) is 0 Å². The highest BCUT2D eigenvalue weighted by Gasteiger charge is 2.28. The van der Waals surface area contributed by atoms with Gasteiger partial charge in [0.25, 0.3) is 5.91 Å². The van der Waals surface area contributed by atoms with E-state index in [1.165, 1.54) is 7.11 Å². The fourth-order valence-corrected chi connectivity index (χ4v) is 5.12. The topological polar surface area (TPSA) is 92.8 Å². The summed E-state index contributed by atoms with van der Waals surface area (Å²) in [6.07, 6.45) is 1.07. The summed E-state index contributed by atoms with van der Waals surface area (Å²) in [6.45, 7) is 0.901. The van der Waals surface area contributed by atoms with Crippen molar-refractivity contribution in [2.45, 2.75) is 23.8 Å². The molecular weight excluding hydrogens is 388 g/mol. The zero-order chi connectivity index (χ0) is 19.4. The first-order valence-corrected chi connectivity index (χ1v) is 10.8. The van der Waals surface area contributed by atoms with E-state index in [0.717, 1.165) is 11.3 Å². The normalized spacial score (nSPS) is 15.5. The molecule has 0 unspecified atom stereocenters. The molecule has 1 aromatic carbocycles. The molecule has 0 aliphatic carbocycles. The summed E-state index contributed by atoms with van der Waals surface area (Å²) in [7, 11) is -2.27. The molecule has 1 aliphatic rings. The van der Waals surface area contributed by atoms with Crippen molar-refractivity contribution < 1.29 is 22.7 Å². The number of hydrogen-bond donors (Lipinski definition) is 1. The van der Waals surface area contributed by atoms with Gasteiger partial charge in [0.2, 0.25) is 10.0 Å². The summed E-state index contributed by atoms with van der Waals surface area (Å²) in [5.41, 5.74) is 0. The van der Waals surface area contributed by atoms with Crippen LogP contribution in [0.3, 0.4) is 0 Å². The van der Waals surface area contributed by atoms with E-state index in [-0.39, 0.29) is 16.8 Å². The van der Waals surface area contributed by atoms with Crippen molar-refractivity contribution in [1.82, 2.24) is 9.62 Å². The van der Waals surface area contributed by atoms with Crippen LogP contribution in [0.5, 0.6) is 0 Å². The standard InChI is InChI=1S/C18H20N2O5S2/c1-25-18(22)16-8-7-15(26-16)17(21)20-11-9-13(10-12-20)19-27(23,24)14-5-3-2-4-6-14/h2-8,13,19H,9-12H2,1H3. The van der Waals surface area contributed by atoms with Gasteiger partial charge < -0.3 is 9.64 Å². The highest BCUT2D eigenvalue weighted by atomic mass is 32.2. The molecule has 0 spiro atoms. The number of carbonyl (C=O) groups is 2. The zero-order valence-electron chi connectivity index (χ0n) is 14.8. The van der Waals surface area contributed by atoms with Crippen molar-refractivity contribution in [3.05, 3.63) is 52.2 Å². The van der Waals surface area contributed by atoms with Crippen LogP contribution in [0.4, 0.5) is 0 Å². The molecular formula is C18H20N2O5S2. The lowest BCUT2D eigenvalue weighted by Gasteiger charge is -2.32. The molecule has 2 aromatic rings. The third kappa shape index (κ3) is 4.55. The highest BCUT2D eigenvalue weighted by Crippen LogP contribution is 2.22. The molecule has 2 heterocycles. The maximum absolute atomic E-state index is 12.6. The van der Waals surface area contributed by atoms with Gasteiger partial charge in [0.05, 0.1) is 16.9 Å². The minimum Gasteiger partial charge on any atom is -0.465 e. The molecule has 1 saturated heterocycles. The Labute approximate surface area is 162 Å². The number of rotatable bonds is 5. The second-order valence-corrected chi connectivity index (χ2v) is 8.95. The predicted octanol–water partition coefficient (Wildman–Crippen LogP) is 2.12. The molecule has 9 heteroatoms. The van der Waals surface area contributed by atoms with E-state index in [2.05, 4.69) is 9.46 Å². The lowest BCUT2D eigenvalue weighted by Crippen LogP contribution is -2.46. The Balaban J connectivity index is 1.58. The van der Waals surface area contributed by atoms with Gasteiger partial charge in [-0.15, -0.1) is 11.3 Å². The lowest BCUT2D eigenvalue weighted by atomic mass is 10.1. The number of amides is 1. The molecule has 7 nitrogen and oxygen atoms in total. The molecule has 1 N–H and O–H groups in total. The Morgan fingerprint density at radius 1 is 1.07 bits per heavy atom. The highest BCUT2D eigenvalue weighted by molar-refractivity contribution is 7.89. The SMILES string of the molecule is COC(=O)c1ccc(C(=O)N2CCC(NS(=O)(=O)c3ccccc3)CC2)s1. The van der Waals surface area contributed by atoms with E-state index < -0.39 is 16.0 Å². The van der Waals surface area contributed by atoms with Crippen LogP contribution in [0.1, 0.15) is 32.2 Å². The third-order valence-corrected chi connectivity index (χ3v) is 6.95. The summed E-state index contributed by atoms with van der Waals surface area (Å²) in [5.74, 6) is -0.618. The van der Waals surface area contributed by atoms with E-state index in [0.29, 0.717) is 35.7 Å². The van der Waals surface area contributed by atoms with Gasteiger partial charge in [-0.1, -0.05) is 18.2 Å². The molecule has 1 aliphatic heterocycles. The molecule has 1 amide bonds. The number of ether oxygens (including phenoxy) is 1. The largest absolute Gasteiger partial charge is 0.465 e. The first-order chi connectivity index (χ1) is 12.9. The van der Waals surface area contributed by atoms with Crippen molar-refractivity contribution >= 4 is 33.2 Å². The van der Waals surface area contributed by atoms with Gasteiger partial charge in [0, 0.05) is 19.1 Å². The average molecular weight is 409 g/mol. The molecule has 0 radical (unpaired) electrons. The minimum atomic E-state index is -3.56. The molecule has 0 saturated carbocycles. The average Bonchev–Trinajstić information content (AvgIpc) is 3.18. The lowest BCUT2D eigenvalue weighted by molar-refractivity contribution is 0.0606. The maximum Gasteiger partial charge on any atom is 0.348 e. The van der Waals surface area contributed by atoms with Crippen molar-refractivity contribution in [3.8, 4) is 0 Å². The Kier molecular flexibility index (Phi) is 5.93. The maximum atomic E-state index is 12.6. The molecule has 144 valence electrons. The number of esters is 1. The van der Waals surface area contributed by atoms with Crippen molar-refractivity contribution in [3.63, 3.8) is 0 Å². The van der Waals surface area contributed by atoms with Gasteiger partial charge in [-0.05, 0) is 37.1 Å². The second kappa shape index (κ2) is 8.20. The summed E-state index contributed by atoms with van der Waals surface area (Å²) in [5, 5.41) is 0. The zero-order valence-corrected chi connectivity index (χ0v) is 16.4. The third-order valence-electron chi connectivity index (χ3n) is 4.36. The Hall–Kier alpha value is -2.23. The van der Waals surface area contributed by atoms with Crippen LogP contribution in [0.25, 0.3) is 0 Å². The van der Waals surface area contributed by atoms with Crippen LogP contribution in [0.15, 0.2) is 47.4 Å².